The third kappa shape index (κ3) is 6.22. The summed E-state index contributed by atoms with van der Waals surface area (Å²) in [5.74, 6) is 0.717. The second-order valence-corrected chi connectivity index (χ2v) is 7.66. The maximum Gasteiger partial charge on any atom is 0.260 e. The molecular formula is C20H22BrN3O2S. The molecule has 0 aromatic heterocycles. The van der Waals surface area contributed by atoms with E-state index in [1.54, 1.807) is 0 Å². The fourth-order valence-corrected chi connectivity index (χ4v) is 3.34. The third-order valence-corrected chi connectivity index (χ3v) is 5.02. The number of carbonyl (C=O) groups excluding carboxylic acids is 1. The van der Waals surface area contributed by atoms with Crippen molar-refractivity contribution in [2.75, 3.05) is 30.3 Å². The second kappa shape index (κ2) is 9.71. The minimum absolute atomic E-state index is 0.0526. The minimum atomic E-state index is 0.0526. The van der Waals surface area contributed by atoms with Gasteiger partial charge in [-0.25, -0.2) is 0 Å². The summed E-state index contributed by atoms with van der Waals surface area (Å²) in [7, 11) is 0. The number of hydrogen-bond acceptors (Lipinski definition) is 3. The number of ether oxygens (including phenoxy) is 1. The Kier molecular flexibility index (Phi) is 7.06. The van der Waals surface area contributed by atoms with E-state index in [-0.39, 0.29) is 12.5 Å². The number of carbonyl (C=O) groups is 1. The van der Waals surface area contributed by atoms with Gasteiger partial charge in [0.05, 0.1) is 0 Å². The molecule has 0 spiro atoms. The molecule has 5 nitrogen and oxygen atoms in total. The molecule has 1 aliphatic rings. The summed E-state index contributed by atoms with van der Waals surface area (Å²) in [5.41, 5.74) is 1.76. The molecule has 0 atom stereocenters. The summed E-state index contributed by atoms with van der Waals surface area (Å²) < 4.78 is 6.63. The molecule has 3 rings (SSSR count). The Labute approximate surface area is 173 Å². The molecule has 142 valence electrons. The van der Waals surface area contributed by atoms with Crippen molar-refractivity contribution in [1.82, 2.24) is 4.90 Å². The van der Waals surface area contributed by atoms with E-state index in [4.69, 9.17) is 17.0 Å². The summed E-state index contributed by atoms with van der Waals surface area (Å²) in [6, 6.07) is 15.2. The number of amides is 1. The molecule has 1 saturated heterocycles. The Balaban J connectivity index is 1.45. The van der Waals surface area contributed by atoms with Gasteiger partial charge in [-0.05, 0) is 80.0 Å². The quantitative estimate of drug-likeness (QED) is 0.653. The average Bonchev–Trinajstić information content (AvgIpc) is 2.69. The summed E-state index contributed by atoms with van der Waals surface area (Å²) in [4.78, 5) is 14.0. The van der Waals surface area contributed by atoms with Gasteiger partial charge in [0.15, 0.2) is 11.7 Å². The van der Waals surface area contributed by atoms with Crippen LogP contribution >= 0.6 is 28.1 Å². The van der Waals surface area contributed by atoms with E-state index >= 15 is 0 Å². The molecule has 1 fully saturated rings. The van der Waals surface area contributed by atoms with Crippen LogP contribution in [0.2, 0.25) is 0 Å². The molecule has 2 aromatic carbocycles. The molecule has 0 aliphatic carbocycles. The van der Waals surface area contributed by atoms with E-state index in [1.807, 2.05) is 53.4 Å². The first-order valence-electron chi connectivity index (χ1n) is 8.94. The summed E-state index contributed by atoms with van der Waals surface area (Å²) in [6.07, 6.45) is 3.37. The van der Waals surface area contributed by atoms with Crippen LogP contribution in [0.4, 0.5) is 11.4 Å². The van der Waals surface area contributed by atoms with Gasteiger partial charge in [-0.1, -0.05) is 15.9 Å². The van der Waals surface area contributed by atoms with E-state index in [0.717, 1.165) is 41.8 Å². The highest BCUT2D eigenvalue weighted by molar-refractivity contribution is 9.10. The minimum Gasteiger partial charge on any atom is -0.484 e. The molecule has 27 heavy (non-hydrogen) atoms. The third-order valence-electron chi connectivity index (χ3n) is 4.29. The van der Waals surface area contributed by atoms with Crippen molar-refractivity contribution in [3.05, 3.63) is 53.0 Å². The first kappa shape index (κ1) is 19.6. The zero-order valence-corrected chi connectivity index (χ0v) is 17.3. The fraction of sp³-hybridized carbons (Fsp3) is 0.300. The van der Waals surface area contributed by atoms with Crippen molar-refractivity contribution in [1.29, 1.82) is 0 Å². The lowest BCUT2D eigenvalue weighted by Crippen LogP contribution is -2.38. The number of piperidine rings is 1. The average molecular weight is 448 g/mol. The predicted octanol–water partition coefficient (Wildman–Crippen LogP) is 4.65. The van der Waals surface area contributed by atoms with Crippen molar-refractivity contribution in [3.8, 4) is 5.75 Å². The van der Waals surface area contributed by atoms with E-state index < -0.39 is 0 Å². The SMILES string of the molecule is O=C(COc1ccc(NC(=S)Nc2ccc(Br)cc2)cc1)N1CCCCC1. The number of thiocarbonyl (C=S) groups is 1. The van der Waals surface area contributed by atoms with E-state index in [2.05, 4.69) is 26.6 Å². The van der Waals surface area contributed by atoms with Crippen LogP contribution < -0.4 is 15.4 Å². The van der Waals surface area contributed by atoms with Crippen molar-refractivity contribution >= 4 is 50.5 Å². The van der Waals surface area contributed by atoms with Crippen LogP contribution in [0, 0.1) is 0 Å². The number of rotatable bonds is 5. The Morgan fingerprint density at radius 1 is 0.963 bits per heavy atom. The first-order chi connectivity index (χ1) is 13.1. The lowest BCUT2D eigenvalue weighted by atomic mass is 10.1. The molecule has 1 aliphatic heterocycles. The Morgan fingerprint density at radius 2 is 1.52 bits per heavy atom. The first-order valence-corrected chi connectivity index (χ1v) is 10.1. The molecule has 7 heteroatoms. The topological polar surface area (TPSA) is 53.6 Å². The van der Waals surface area contributed by atoms with Gasteiger partial charge < -0.3 is 20.3 Å². The maximum atomic E-state index is 12.1. The number of halogens is 1. The Hall–Kier alpha value is -2.12. The normalized spacial score (nSPS) is 13.7. The lowest BCUT2D eigenvalue weighted by molar-refractivity contribution is -0.134. The molecule has 2 N–H and O–H groups in total. The fourth-order valence-electron chi connectivity index (χ4n) is 2.84. The van der Waals surface area contributed by atoms with Gasteiger partial charge in [0.1, 0.15) is 5.75 Å². The van der Waals surface area contributed by atoms with Crippen molar-refractivity contribution < 1.29 is 9.53 Å². The molecule has 0 unspecified atom stereocenters. The van der Waals surface area contributed by atoms with Crippen molar-refractivity contribution in [2.45, 2.75) is 19.3 Å². The largest absolute Gasteiger partial charge is 0.484 e. The molecule has 1 amide bonds. The molecule has 0 radical (unpaired) electrons. The van der Waals surface area contributed by atoms with Crippen LogP contribution in [0.25, 0.3) is 0 Å². The zero-order chi connectivity index (χ0) is 19.1. The monoisotopic (exact) mass is 447 g/mol. The molecule has 0 saturated carbocycles. The van der Waals surface area contributed by atoms with Gasteiger partial charge in [-0.15, -0.1) is 0 Å². The second-order valence-electron chi connectivity index (χ2n) is 6.34. The summed E-state index contributed by atoms with van der Waals surface area (Å²) in [6.45, 7) is 1.76. The van der Waals surface area contributed by atoms with Crippen LogP contribution in [0.3, 0.4) is 0 Å². The number of nitrogens with zero attached hydrogens (tertiary/aromatic N) is 1. The number of nitrogens with one attached hydrogen (secondary N) is 2. The van der Waals surface area contributed by atoms with Crippen molar-refractivity contribution in [2.24, 2.45) is 0 Å². The van der Waals surface area contributed by atoms with Gasteiger partial charge in [-0.3, -0.25) is 4.79 Å². The van der Waals surface area contributed by atoms with Crippen LogP contribution in [0.1, 0.15) is 19.3 Å². The highest BCUT2D eigenvalue weighted by Gasteiger charge is 2.16. The Bertz CT molecular complexity index is 775. The number of hydrogen-bond donors (Lipinski definition) is 2. The van der Waals surface area contributed by atoms with E-state index in [9.17, 15) is 4.79 Å². The van der Waals surface area contributed by atoms with E-state index in [0.29, 0.717) is 10.9 Å². The standard InChI is InChI=1S/C20H22BrN3O2S/c21-15-4-6-16(7-5-15)22-20(27)23-17-8-10-18(11-9-17)26-14-19(25)24-12-2-1-3-13-24/h4-11H,1-3,12-14H2,(H2,22,23,27). The van der Waals surface area contributed by atoms with Crippen molar-refractivity contribution in [3.63, 3.8) is 0 Å². The predicted molar refractivity (Wildman–Crippen MR) is 116 cm³/mol. The van der Waals surface area contributed by atoms with Gasteiger partial charge >= 0.3 is 0 Å². The number of benzene rings is 2. The van der Waals surface area contributed by atoms with Gasteiger partial charge in [-0.2, -0.15) is 0 Å². The number of likely N-dealkylation sites (tertiary alicyclic amines) is 1. The maximum absolute atomic E-state index is 12.1. The zero-order valence-electron chi connectivity index (χ0n) is 14.9. The Morgan fingerprint density at radius 3 is 2.11 bits per heavy atom. The van der Waals surface area contributed by atoms with Crippen LogP contribution in [-0.2, 0) is 4.79 Å². The molecule has 2 aromatic rings. The highest BCUT2D eigenvalue weighted by Crippen LogP contribution is 2.18. The molecule has 1 heterocycles. The lowest BCUT2D eigenvalue weighted by Gasteiger charge is -2.26. The van der Waals surface area contributed by atoms with Gasteiger partial charge in [0, 0.05) is 28.9 Å². The smallest absolute Gasteiger partial charge is 0.260 e. The molecular weight excluding hydrogens is 426 g/mol. The number of anilines is 2. The molecule has 0 bridgehead atoms. The van der Waals surface area contributed by atoms with Gasteiger partial charge in [0.25, 0.3) is 5.91 Å². The summed E-state index contributed by atoms with van der Waals surface area (Å²) >= 11 is 8.73. The summed E-state index contributed by atoms with van der Waals surface area (Å²) in [5, 5.41) is 6.76. The van der Waals surface area contributed by atoms with Crippen LogP contribution in [0.5, 0.6) is 5.75 Å². The van der Waals surface area contributed by atoms with Crippen LogP contribution in [-0.4, -0.2) is 35.6 Å². The van der Waals surface area contributed by atoms with Crippen LogP contribution in [0.15, 0.2) is 53.0 Å². The highest BCUT2D eigenvalue weighted by atomic mass is 79.9. The van der Waals surface area contributed by atoms with E-state index in [1.165, 1.54) is 6.42 Å². The van der Waals surface area contributed by atoms with Gasteiger partial charge in [0.2, 0.25) is 0 Å².